The van der Waals surface area contributed by atoms with E-state index in [-0.39, 0.29) is 11.5 Å². The number of ether oxygens (including phenoxy) is 1. The van der Waals surface area contributed by atoms with Crippen molar-refractivity contribution in [3.8, 4) is 6.07 Å². The summed E-state index contributed by atoms with van der Waals surface area (Å²) in [7, 11) is 0. The van der Waals surface area contributed by atoms with Gasteiger partial charge in [0, 0.05) is 17.4 Å². The first kappa shape index (κ1) is 19.4. The lowest BCUT2D eigenvalue weighted by Gasteiger charge is -2.27. The number of H-pyrrole nitrogens is 1. The molecule has 1 aromatic carbocycles. The van der Waals surface area contributed by atoms with E-state index in [1.165, 1.54) is 0 Å². The van der Waals surface area contributed by atoms with Crippen molar-refractivity contribution < 1.29 is 9.53 Å². The first-order valence-electron chi connectivity index (χ1n) is 10.5. The number of anilines is 2. The molecule has 31 heavy (non-hydrogen) atoms. The Balaban J connectivity index is 1.63. The predicted molar refractivity (Wildman–Crippen MR) is 115 cm³/mol. The minimum atomic E-state index is -0.719. The normalized spacial score (nSPS) is 18.5. The third-order valence-corrected chi connectivity index (χ3v) is 6.49. The zero-order valence-electron chi connectivity index (χ0n) is 17.5. The van der Waals surface area contributed by atoms with Crippen LogP contribution in [0.1, 0.15) is 61.9 Å². The molecule has 2 aliphatic rings. The Hall–Kier alpha value is -3.60. The van der Waals surface area contributed by atoms with E-state index in [0.717, 1.165) is 31.2 Å². The molecular weight excluding hydrogens is 394 g/mol. The van der Waals surface area contributed by atoms with Crippen molar-refractivity contribution in [2.45, 2.75) is 57.1 Å². The van der Waals surface area contributed by atoms with Gasteiger partial charge in [0.1, 0.15) is 11.0 Å². The fourth-order valence-electron chi connectivity index (χ4n) is 4.95. The quantitative estimate of drug-likeness (QED) is 0.619. The van der Waals surface area contributed by atoms with Gasteiger partial charge >= 0.3 is 5.97 Å². The fraction of sp³-hybridized carbons (Fsp3) is 0.391. The van der Waals surface area contributed by atoms with E-state index in [1.54, 1.807) is 18.3 Å². The maximum absolute atomic E-state index is 12.7. The summed E-state index contributed by atoms with van der Waals surface area (Å²) in [6.07, 6.45) is 5.74. The van der Waals surface area contributed by atoms with E-state index < -0.39 is 11.1 Å². The predicted octanol–water partition coefficient (Wildman–Crippen LogP) is 4.06. The van der Waals surface area contributed by atoms with Crippen molar-refractivity contribution >= 4 is 28.4 Å². The number of fused-ring (bicyclic) bond motifs is 2. The van der Waals surface area contributed by atoms with E-state index in [0.29, 0.717) is 34.4 Å². The Morgan fingerprint density at radius 1 is 1.26 bits per heavy atom. The minimum Gasteiger partial charge on any atom is -0.451 e. The van der Waals surface area contributed by atoms with E-state index in [9.17, 15) is 14.9 Å². The molecule has 2 aromatic heterocycles. The first-order valence-corrected chi connectivity index (χ1v) is 10.5. The van der Waals surface area contributed by atoms with Gasteiger partial charge in [-0.3, -0.25) is 9.48 Å². The number of aromatic nitrogens is 3. The molecular formula is C23H23N5O3. The molecule has 3 aromatic rings. The molecule has 3 heterocycles. The van der Waals surface area contributed by atoms with Gasteiger partial charge in [0.15, 0.2) is 5.82 Å². The molecule has 0 bridgehead atoms. The molecule has 8 heteroatoms. The number of hydrogen-bond donors (Lipinski definition) is 2. The van der Waals surface area contributed by atoms with Gasteiger partial charge in [-0.1, -0.05) is 12.8 Å². The van der Waals surface area contributed by atoms with E-state index >= 15 is 0 Å². The fourth-order valence-corrected chi connectivity index (χ4v) is 4.95. The van der Waals surface area contributed by atoms with Gasteiger partial charge in [-0.05, 0) is 51.0 Å². The topological polar surface area (TPSA) is 113 Å². The maximum Gasteiger partial charge on any atom is 0.339 e. The third-order valence-electron chi connectivity index (χ3n) is 6.49. The number of carbonyl (C=O) groups excluding carboxylic acids is 1. The largest absolute Gasteiger partial charge is 0.451 e. The molecule has 1 saturated carbocycles. The van der Waals surface area contributed by atoms with Crippen LogP contribution < -0.4 is 10.9 Å². The highest BCUT2D eigenvalue weighted by Gasteiger charge is 2.39. The molecule has 2 N–H and O–H groups in total. The lowest BCUT2D eigenvalue weighted by molar-refractivity contribution is 0.00955. The van der Waals surface area contributed by atoms with Gasteiger partial charge in [0.05, 0.1) is 29.1 Å². The molecule has 158 valence electrons. The average Bonchev–Trinajstić information content (AvgIpc) is 3.39. The van der Waals surface area contributed by atoms with Crippen molar-refractivity contribution in [1.82, 2.24) is 14.8 Å². The van der Waals surface area contributed by atoms with Crippen LogP contribution in [-0.2, 0) is 15.9 Å². The van der Waals surface area contributed by atoms with Crippen LogP contribution in [0.4, 0.5) is 11.5 Å². The third kappa shape index (κ3) is 2.92. The Morgan fingerprint density at radius 2 is 2.03 bits per heavy atom. The second kappa shape index (κ2) is 6.71. The lowest BCUT2D eigenvalue weighted by atomic mass is 9.94. The van der Waals surface area contributed by atoms with Crippen molar-refractivity contribution in [1.29, 1.82) is 5.26 Å². The highest BCUT2D eigenvalue weighted by Crippen LogP contribution is 2.42. The Kier molecular flexibility index (Phi) is 4.19. The second-order valence-electron chi connectivity index (χ2n) is 8.88. The summed E-state index contributed by atoms with van der Waals surface area (Å²) in [6, 6.07) is 9.53. The highest BCUT2D eigenvalue weighted by molar-refractivity contribution is 5.96. The van der Waals surface area contributed by atoms with Crippen LogP contribution in [0.15, 0.2) is 35.3 Å². The van der Waals surface area contributed by atoms with Gasteiger partial charge in [-0.15, -0.1) is 0 Å². The smallest absolute Gasteiger partial charge is 0.339 e. The maximum atomic E-state index is 12.7. The van der Waals surface area contributed by atoms with Crippen LogP contribution in [0.3, 0.4) is 0 Å². The monoisotopic (exact) mass is 417 g/mol. The van der Waals surface area contributed by atoms with Crippen molar-refractivity contribution in [3.63, 3.8) is 0 Å². The SMILES string of the molecule is CC1(C)OC(=O)c2ccc(Nc3nn(C4(CC#N)CCCC4)c4cc[nH]c(=O)c34)cc21. The molecule has 0 atom stereocenters. The number of nitrogens with one attached hydrogen (secondary N) is 2. The second-order valence-corrected chi connectivity index (χ2v) is 8.88. The molecule has 0 saturated heterocycles. The molecule has 0 amide bonds. The number of rotatable bonds is 4. The number of nitrogens with zero attached hydrogens (tertiary/aromatic N) is 3. The van der Waals surface area contributed by atoms with Gasteiger partial charge < -0.3 is 15.0 Å². The van der Waals surface area contributed by atoms with Crippen molar-refractivity contribution in [3.05, 3.63) is 51.9 Å². The van der Waals surface area contributed by atoms with Crippen LogP contribution >= 0.6 is 0 Å². The summed E-state index contributed by atoms with van der Waals surface area (Å²) in [4.78, 5) is 27.6. The zero-order chi connectivity index (χ0) is 21.8. The summed E-state index contributed by atoms with van der Waals surface area (Å²) >= 11 is 0. The van der Waals surface area contributed by atoms with Gasteiger partial charge in [-0.2, -0.15) is 10.4 Å². The molecule has 1 aliphatic carbocycles. The Morgan fingerprint density at radius 3 is 2.77 bits per heavy atom. The van der Waals surface area contributed by atoms with E-state index in [4.69, 9.17) is 9.84 Å². The van der Waals surface area contributed by atoms with Crippen LogP contribution in [0.2, 0.25) is 0 Å². The number of cyclic esters (lactones) is 1. The number of benzene rings is 1. The summed E-state index contributed by atoms with van der Waals surface area (Å²) in [6.45, 7) is 3.70. The number of pyridine rings is 1. The molecule has 1 aliphatic heterocycles. The number of aromatic amines is 1. The Bertz CT molecular complexity index is 1300. The van der Waals surface area contributed by atoms with Crippen molar-refractivity contribution in [2.24, 2.45) is 0 Å². The summed E-state index contributed by atoms with van der Waals surface area (Å²) in [5.41, 5.74) is 1.39. The van der Waals surface area contributed by atoms with E-state index in [2.05, 4.69) is 16.4 Å². The molecule has 5 rings (SSSR count). The van der Waals surface area contributed by atoms with Crippen LogP contribution in [0.5, 0.6) is 0 Å². The minimum absolute atomic E-state index is 0.239. The molecule has 0 spiro atoms. The molecule has 8 nitrogen and oxygen atoms in total. The summed E-state index contributed by atoms with van der Waals surface area (Å²) in [5, 5.41) is 18.0. The summed E-state index contributed by atoms with van der Waals surface area (Å²) in [5.74, 6) is 0.0986. The number of hydrogen-bond acceptors (Lipinski definition) is 6. The number of carbonyl (C=O) groups is 1. The first-order chi connectivity index (χ1) is 14.8. The van der Waals surface area contributed by atoms with Gasteiger partial charge in [-0.25, -0.2) is 4.79 Å². The average molecular weight is 417 g/mol. The summed E-state index contributed by atoms with van der Waals surface area (Å²) < 4.78 is 7.33. The number of esters is 1. The van der Waals surface area contributed by atoms with Crippen LogP contribution in [-0.4, -0.2) is 20.7 Å². The van der Waals surface area contributed by atoms with Crippen molar-refractivity contribution in [2.75, 3.05) is 5.32 Å². The lowest BCUT2D eigenvalue weighted by Crippen LogP contribution is -2.31. The van der Waals surface area contributed by atoms with Gasteiger partial charge in [0.25, 0.3) is 5.56 Å². The standard InChI is InChI=1S/C23H23N5O3/c1-22(2)16-13-14(5-6-15(16)21(30)31-22)26-19-18-17(7-12-25-20(18)29)28(27-19)23(10-11-24)8-3-4-9-23/h5-7,12-13H,3-4,8-10H2,1-2H3,(H,25,29)(H,26,27). The Labute approximate surface area is 178 Å². The van der Waals surface area contributed by atoms with Crippen LogP contribution in [0, 0.1) is 11.3 Å². The highest BCUT2D eigenvalue weighted by atomic mass is 16.6. The zero-order valence-corrected chi connectivity index (χ0v) is 17.5. The molecule has 0 unspecified atom stereocenters. The molecule has 0 radical (unpaired) electrons. The van der Waals surface area contributed by atoms with Crippen LogP contribution in [0.25, 0.3) is 10.9 Å². The van der Waals surface area contributed by atoms with E-state index in [1.807, 2.05) is 30.7 Å². The molecule has 1 fully saturated rings. The van der Waals surface area contributed by atoms with Gasteiger partial charge in [0.2, 0.25) is 0 Å². The number of nitriles is 1.